The molecule has 20 heavy (non-hydrogen) atoms. The van der Waals surface area contributed by atoms with E-state index in [0.29, 0.717) is 15.3 Å². The van der Waals surface area contributed by atoms with Gasteiger partial charge in [0.2, 0.25) is 0 Å². The van der Waals surface area contributed by atoms with E-state index in [4.69, 9.17) is 11.6 Å². The zero-order chi connectivity index (χ0) is 14.1. The van der Waals surface area contributed by atoms with Crippen LogP contribution in [-0.2, 0) is 0 Å². The Bertz CT molecular complexity index is 656. The molecule has 0 aromatic carbocycles. The second-order valence-electron chi connectivity index (χ2n) is 4.35. The van der Waals surface area contributed by atoms with Gasteiger partial charge in [-0.1, -0.05) is 16.8 Å². The number of pyridine rings is 1. The fourth-order valence-corrected chi connectivity index (χ4v) is 2.16. The fourth-order valence-electron chi connectivity index (χ4n) is 1.70. The van der Waals surface area contributed by atoms with E-state index in [9.17, 15) is 4.79 Å². The average molecular weight is 358 g/mol. The van der Waals surface area contributed by atoms with Gasteiger partial charge >= 0.3 is 0 Å². The van der Waals surface area contributed by atoms with Crippen LogP contribution >= 0.6 is 27.5 Å². The van der Waals surface area contributed by atoms with Crippen molar-refractivity contribution < 1.29 is 4.79 Å². The van der Waals surface area contributed by atoms with Crippen LogP contribution in [0.3, 0.4) is 0 Å². The molecule has 9 heteroatoms. The second kappa shape index (κ2) is 5.47. The lowest BCUT2D eigenvalue weighted by molar-refractivity contribution is 0.102. The van der Waals surface area contributed by atoms with Gasteiger partial charge in [0.25, 0.3) is 5.91 Å². The number of amides is 1. The third kappa shape index (κ3) is 2.67. The van der Waals surface area contributed by atoms with Crippen molar-refractivity contribution in [3.63, 3.8) is 0 Å². The summed E-state index contributed by atoms with van der Waals surface area (Å²) >= 11 is 9.04. The normalized spacial score (nSPS) is 14.9. The van der Waals surface area contributed by atoms with Gasteiger partial charge in [-0.3, -0.25) is 4.79 Å². The lowest BCUT2D eigenvalue weighted by Gasteiger charge is -2.26. The number of carbonyl (C=O) groups is 1. The third-order valence-corrected chi connectivity index (χ3v) is 4.07. The maximum absolute atomic E-state index is 12.0. The summed E-state index contributed by atoms with van der Waals surface area (Å²) in [5.41, 5.74) is 0.800. The zero-order valence-electron chi connectivity index (χ0n) is 10.2. The highest BCUT2D eigenvalue weighted by Crippen LogP contribution is 2.23. The van der Waals surface area contributed by atoms with E-state index in [2.05, 4.69) is 41.9 Å². The fraction of sp³-hybridized carbons (Fsp3) is 0.273. The maximum Gasteiger partial charge on any atom is 0.277 e. The van der Waals surface area contributed by atoms with E-state index < -0.39 is 0 Å². The minimum atomic E-state index is -0.334. The number of nitrogens with one attached hydrogen (secondary N) is 2. The van der Waals surface area contributed by atoms with Crippen LogP contribution in [0.2, 0.25) is 5.15 Å². The highest BCUT2D eigenvalue weighted by molar-refractivity contribution is 9.10. The molecule has 1 fully saturated rings. The topological polar surface area (TPSA) is 84.7 Å². The first-order valence-corrected chi connectivity index (χ1v) is 7.05. The second-order valence-corrected chi connectivity index (χ2v) is 5.56. The Hall–Kier alpha value is -1.51. The molecule has 0 saturated carbocycles. The van der Waals surface area contributed by atoms with Gasteiger partial charge in [0.1, 0.15) is 5.15 Å². The molecule has 0 aliphatic carbocycles. The van der Waals surface area contributed by atoms with Crippen molar-refractivity contribution >= 4 is 39.1 Å². The molecule has 104 valence electrons. The van der Waals surface area contributed by atoms with Gasteiger partial charge in [-0.25, -0.2) is 9.67 Å². The van der Waals surface area contributed by atoms with Crippen molar-refractivity contribution in [1.29, 1.82) is 0 Å². The quantitative estimate of drug-likeness (QED) is 0.813. The van der Waals surface area contributed by atoms with Crippen LogP contribution in [0.25, 0.3) is 0 Å². The molecule has 0 spiro atoms. The van der Waals surface area contributed by atoms with Crippen LogP contribution in [0.15, 0.2) is 22.9 Å². The summed E-state index contributed by atoms with van der Waals surface area (Å²) in [5.74, 6) is -0.334. The van der Waals surface area contributed by atoms with Crippen LogP contribution in [0, 0.1) is 0 Å². The van der Waals surface area contributed by atoms with Crippen LogP contribution in [0.5, 0.6) is 0 Å². The number of rotatable bonds is 3. The van der Waals surface area contributed by atoms with Gasteiger partial charge in [-0.2, -0.15) is 0 Å². The maximum atomic E-state index is 12.0. The first kappa shape index (κ1) is 13.5. The summed E-state index contributed by atoms with van der Waals surface area (Å²) in [7, 11) is 0. The number of anilines is 1. The Morgan fingerprint density at radius 2 is 2.35 bits per heavy atom. The Morgan fingerprint density at radius 1 is 1.55 bits per heavy atom. The molecule has 2 aromatic heterocycles. The summed E-state index contributed by atoms with van der Waals surface area (Å²) in [5, 5.41) is 14.0. The number of aromatic nitrogens is 4. The van der Waals surface area contributed by atoms with Crippen LogP contribution in [-0.4, -0.2) is 39.0 Å². The summed E-state index contributed by atoms with van der Waals surface area (Å²) in [6, 6.07) is 1.95. The molecular weight excluding hydrogens is 348 g/mol. The number of carbonyl (C=O) groups excluding carboxylic acids is 1. The van der Waals surface area contributed by atoms with E-state index in [1.165, 1.54) is 6.20 Å². The SMILES string of the molecule is O=C(Nc1cnc(Cl)c(Br)c1)c1cn(C2CNC2)nn1. The predicted molar refractivity (Wildman–Crippen MR) is 76.8 cm³/mol. The molecule has 3 rings (SSSR count). The highest BCUT2D eigenvalue weighted by Gasteiger charge is 2.21. The molecule has 1 aliphatic rings. The van der Waals surface area contributed by atoms with Gasteiger partial charge in [-0.05, 0) is 22.0 Å². The molecule has 3 heterocycles. The number of nitrogens with zero attached hydrogens (tertiary/aromatic N) is 4. The van der Waals surface area contributed by atoms with E-state index >= 15 is 0 Å². The van der Waals surface area contributed by atoms with Crippen molar-refractivity contribution in [2.24, 2.45) is 0 Å². The predicted octanol–water partition coefficient (Wildman–Crippen LogP) is 1.49. The van der Waals surface area contributed by atoms with Crippen molar-refractivity contribution in [2.75, 3.05) is 18.4 Å². The van der Waals surface area contributed by atoms with Crippen molar-refractivity contribution in [3.8, 4) is 0 Å². The minimum Gasteiger partial charge on any atom is -0.319 e. The lowest BCUT2D eigenvalue weighted by atomic mass is 10.2. The van der Waals surface area contributed by atoms with E-state index in [1.807, 2.05) is 0 Å². The number of hydrogen-bond acceptors (Lipinski definition) is 5. The molecule has 0 unspecified atom stereocenters. The summed E-state index contributed by atoms with van der Waals surface area (Å²) in [6.07, 6.45) is 3.12. The standard InChI is InChI=1S/C11H10BrClN6O/c12-8-1-6(2-15-10(8)13)16-11(20)9-5-19(18-17-9)7-3-14-4-7/h1-2,5,7,14H,3-4H2,(H,16,20). The highest BCUT2D eigenvalue weighted by atomic mass is 79.9. The molecule has 2 N–H and O–H groups in total. The molecule has 7 nitrogen and oxygen atoms in total. The largest absolute Gasteiger partial charge is 0.319 e. The van der Waals surface area contributed by atoms with Crippen LogP contribution < -0.4 is 10.6 Å². The number of halogens is 2. The Labute approximate surface area is 127 Å². The van der Waals surface area contributed by atoms with Gasteiger partial charge in [-0.15, -0.1) is 5.10 Å². The van der Waals surface area contributed by atoms with E-state index in [-0.39, 0.29) is 17.6 Å². The van der Waals surface area contributed by atoms with Gasteiger partial charge in [0.15, 0.2) is 5.69 Å². The Balaban J connectivity index is 1.71. The summed E-state index contributed by atoms with van der Waals surface area (Å²) in [6.45, 7) is 1.69. The molecule has 2 aromatic rings. The molecule has 1 amide bonds. The molecule has 0 atom stereocenters. The molecule has 0 radical (unpaired) electrons. The molecule has 1 saturated heterocycles. The van der Waals surface area contributed by atoms with Crippen LogP contribution in [0.1, 0.15) is 16.5 Å². The van der Waals surface area contributed by atoms with Gasteiger partial charge in [0, 0.05) is 13.1 Å². The van der Waals surface area contributed by atoms with Crippen LogP contribution in [0.4, 0.5) is 5.69 Å². The monoisotopic (exact) mass is 356 g/mol. The molecule has 1 aliphatic heterocycles. The van der Waals surface area contributed by atoms with Gasteiger partial charge < -0.3 is 10.6 Å². The van der Waals surface area contributed by atoms with Crippen molar-refractivity contribution in [1.82, 2.24) is 25.3 Å². The van der Waals surface area contributed by atoms with Crippen molar-refractivity contribution in [3.05, 3.63) is 33.8 Å². The third-order valence-electron chi connectivity index (χ3n) is 2.93. The molecule has 0 bridgehead atoms. The molecular formula is C11H10BrClN6O. The lowest BCUT2D eigenvalue weighted by Crippen LogP contribution is -2.43. The van der Waals surface area contributed by atoms with Crippen molar-refractivity contribution in [2.45, 2.75) is 6.04 Å². The van der Waals surface area contributed by atoms with E-state index in [1.54, 1.807) is 16.9 Å². The Morgan fingerprint density at radius 3 is 3.00 bits per heavy atom. The zero-order valence-corrected chi connectivity index (χ0v) is 12.5. The number of hydrogen-bond donors (Lipinski definition) is 2. The average Bonchev–Trinajstić information content (AvgIpc) is 2.81. The van der Waals surface area contributed by atoms with E-state index in [0.717, 1.165) is 13.1 Å². The smallest absolute Gasteiger partial charge is 0.277 e. The summed E-state index contributed by atoms with van der Waals surface area (Å²) in [4.78, 5) is 16.0. The first-order chi connectivity index (χ1) is 9.63. The van der Waals surface area contributed by atoms with Gasteiger partial charge in [0.05, 0.1) is 28.6 Å². The first-order valence-electron chi connectivity index (χ1n) is 5.88. The Kier molecular flexibility index (Phi) is 3.68. The summed E-state index contributed by atoms with van der Waals surface area (Å²) < 4.78 is 2.31. The minimum absolute atomic E-state index is 0.267.